The highest BCUT2D eigenvalue weighted by atomic mass is 16.3. The van der Waals surface area contributed by atoms with E-state index in [4.69, 9.17) is 28.7 Å². The molecule has 1 heterocycles. The van der Waals surface area contributed by atoms with Gasteiger partial charge in [0.25, 0.3) is 0 Å². The van der Waals surface area contributed by atoms with Crippen LogP contribution in [0.5, 0.6) is 0 Å². The van der Waals surface area contributed by atoms with Crippen LogP contribution in [-0.4, -0.2) is 181 Å². The largest absolute Gasteiger partial charge is 0.399 e. The minimum Gasteiger partial charge on any atom is -0.399 e. The summed E-state index contributed by atoms with van der Waals surface area (Å²) in [7, 11) is 0. The highest BCUT2D eigenvalue weighted by molar-refractivity contribution is 5.99. The molecule has 23 N–H and O–H groups in total. The smallest absolute Gasteiger partial charge is 0.245 e. The van der Waals surface area contributed by atoms with E-state index in [0.29, 0.717) is 23.2 Å². The molecule has 11 amide bonds. The van der Waals surface area contributed by atoms with E-state index in [1.165, 1.54) is 13.8 Å². The van der Waals surface area contributed by atoms with Crippen molar-refractivity contribution in [3.63, 3.8) is 0 Å². The average Bonchev–Trinajstić information content (AvgIpc) is 3.42. The van der Waals surface area contributed by atoms with E-state index in [1.54, 1.807) is 68.4 Å². The summed E-state index contributed by atoms with van der Waals surface area (Å²) in [5.74, 6) is -9.99. The Labute approximate surface area is 520 Å². The predicted molar refractivity (Wildman–Crippen MR) is 333 cm³/mol. The van der Waals surface area contributed by atoms with Crippen molar-refractivity contribution in [1.82, 2.24) is 58.5 Å². The number of nitrogens with one attached hydrogen (secondary N) is 11. The molecule has 89 heavy (non-hydrogen) atoms. The minimum absolute atomic E-state index is 0.0171. The Hall–Kier alpha value is -7.83. The van der Waals surface area contributed by atoms with E-state index in [2.05, 4.69) is 65.4 Å². The number of carbonyl (C=O) groups is 11. The van der Waals surface area contributed by atoms with Crippen molar-refractivity contribution in [2.75, 3.05) is 38.5 Å². The summed E-state index contributed by atoms with van der Waals surface area (Å²) < 4.78 is 0. The summed E-state index contributed by atoms with van der Waals surface area (Å²) in [6, 6.07) is 0.0671. The molecule has 0 saturated carbocycles. The Balaban J connectivity index is 2.11. The van der Waals surface area contributed by atoms with Crippen LogP contribution in [0.1, 0.15) is 123 Å². The molecule has 1 fully saturated rings. The fourth-order valence-corrected chi connectivity index (χ4v) is 9.69. The van der Waals surface area contributed by atoms with Gasteiger partial charge in [-0.3, -0.25) is 52.7 Å². The van der Waals surface area contributed by atoms with Crippen LogP contribution in [0, 0.1) is 5.92 Å². The Morgan fingerprint density at radius 1 is 0.551 bits per heavy atom. The second-order valence-electron chi connectivity index (χ2n) is 22.8. The zero-order valence-corrected chi connectivity index (χ0v) is 51.9. The number of carbonyl (C=O) groups excluding carboxylic acids is 11. The topological polar surface area (TPSA) is 491 Å². The molecule has 0 unspecified atom stereocenters. The van der Waals surface area contributed by atoms with E-state index in [1.807, 2.05) is 0 Å². The number of aliphatic hydroxyl groups excluding tert-OH is 2. The van der Waals surface area contributed by atoms with Gasteiger partial charge in [0.1, 0.15) is 60.4 Å². The van der Waals surface area contributed by atoms with Crippen molar-refractivity contribution in [3.05, 3.63) is 65.7 Å². The van der Waals surface area contributed by atoms with Crippen LogP contribution in [0.3, 0.4) is 0 Å². The molecule has 29 nitrogen and oxygen atoms in total. The van der Waals surface area contributed by atoms with Gasteiger partial charge in [0.05, 0.1) is 12.2 Å². The first-order chi connectivity index (χ1) is 42.3. The van der Waals surface area contributed by atoms with Gasteiger partial charge >= 0.3 is 0 Å². The van der Waals surface area contributed by atoms with Gasteiger partial charge in [-0.15, -0.1) is 0 Å². The second-order valence-corrected chi connectivity index (χ2v) is 22.8. The molecule has 0 aromatic heterocycles. The van der Waals surface area contributed by atoms with Crippen LogP contribution in [0.4, 0.5) is 5.69 Å². The molecule has 496 valence electrons. The van der Waals surface area contributed by atoms with Crippen molar-refractivity contribution in [2.24, 2.45) is 28.9 Å². The summed E-state index contributed by atoms with van der Waals surface area (Å²) in [4.78, 5) is 155. The Morgan fingerprint density at radius 3 is 1.57 bits per heavy atom. The fourth-order valence-electron chi connectivity index (χ4n) is 9.69. The number of unbranched alkanes of at least 4 members (excludes halogenated alkanes) is 4. The number of amides is 11. The number of nitrogens with two attached hydrogens (primary N) is 5. The first kappa shape index (κ1) is 75.4. The standard InChI is InChI=1S/C60H98N16O13/c1-6-7-8-9-13-16-48(79)67-40(21-26-61)54(83)76-50(36(5)78)60(89)71-42(23-28-63)51(80)70-44-25-30-66-59(88)49(35(4)77)75-55(84)43(24-29-64)69-57(86)47(33-38-17-19-39(65)20-18-38)74-56(85)45(31-34(2)3)72-58(87)46(32-37-14-11-10-12-15-37)73-52(81)41(22-27-62)68-53(44)82/h10-12,14-15,17-20,34-36,40-47,49-50,77-78H,6-9,13,16,21-33,61-65H2,1-5H3,(H,66,88)(H,67,79)(H,68,82)(H,69,86)(H,70,80)(H,71,89)(H,72,87)(H,73,81)(H,74,85)(H,75,84)(H,76,83)/t35-,36-,40+,41+,42+,43+,44+,45+,46-,47+,49+,50+/m1/s1. The van der Waals surface area contributed by atoms with E-state index in [-0.39, 0.29) is 83.5 Å². The summed E-state index contributed by atoms with van der Waals surface area (Å²) in [6.45, 7) is 6.97. The van der Waals surface area contributed by atoms with Crippen molar-refractivity contribution in [1.29, 1.82) is 0 Å². The molecule has 0 spiro atoms. The number of anilines is 1. The van der Waals surface area contributed by atoms with Crippen LogP contribution in [0.15, 0.2) is 54.6 Å². The lowest BCUT2D eigenvalue weighted by Crippen LogP contribution is -2.62. The Morgan fingerprint density at radius 2 is 1.04 bits per heavy atom. The summed E-state index contributed by atoms with van der Waals surface area (Å²) in [6.07, 6.45) is -0.0760. The van der Waals surface area contributed by atoms with Crippen molar-refractivity contribution in [2.45, 2.75) is 197 Å². The third-order valence-electron chi connectivity index (χ3n) is 14.7. The molecule has 0 bridgehead atoms. The van der Waals surface area contributed by atoms with Crippen LogP contribution < -0.4 is 87.2 Å². The molecular weight excluding hydrogens is 1150 g/mol. The molecule has 0 aliphatic carbocycles. The van der Waals surface area contributed by atoms with E-state index in [9.17, 15) is 63.0 Å². The Kier molecular flexibility index (Phi) is 33.8. The lowest BCUT2D eigenvalue weighted by molar-refractivity contribution is -0.137. The molecule has 2 aromatic carbocycles. The quantitative estimate of drug-likeness (QED) is 0.0273. The normalized spacial score (nSPS) is 22.0. The predicted octanol–water partition coefficient (Wildman–Crippen LogP) is -4.01. The third-order valence-corrected chi connectivity index (χ3v) is 14.7. The van der Waals surface area contributed by atoms with Crippen LogP contribution in [-0.2, 0) is 65.6 Å². The molecule has 1 saturated heterocycles. The Bertz CT molecular complexity index is 2610. The molecule has 29 heteroatoms. The maximum atomic E-state index is 14.6. The second kappa shape index (κ2) is 39.9. The van der Waals surface area contributed by atoms with Gasteiger partial charge in [-0.05, 0) is 114 Å². The summed E-state index contributed by atoms with van der Waals surface area (Å²) in [5.41, 5.74) is 31.1. The maximum absolute atomic E-state index is 14.6. The maximum Gasteiger partial charge on any atom is 0.245 e. The zero-order chi connectivity index (χ0) is 66.2. The number of nitrogen functional groups attached to an aromatic ring is 1. The highest BCUT2D eigenvalue weighted by Gasteiger charge is 2.38. The van der Waals surface area contributed by atoms with Crippen LogP contribution in [0.25, 0.3) is 0 Å². The van der Waals surface area contributed by atoms with Gasteiger partial charge in [0, 0.05) is 31.5 Å². The molecule has 1 aliphatic heterocycles. The SMILES string of the molecule is CCCCCCCC(=O)N[C@@H](CCN)C(=O)N[C@H](C(=O)N[C@@H](CCN)C(=O)N[C@H]1CCNC(=O)[C@H]([C@@H](C)O)NC(=O)[C@H](CCN)NC(=O)[C@H](Cc2ccc(N)cc2)NC(=O)[C@H](CC(C)C)NC(=O)[C@@H](Cc2ccccc2)NC(=O)[C@H](CCN)NC1=O)[C@@H](C)O. The fraction of sp³-hybridized carbons (Fsp3) is 0.617. The molecule has 2 aromatic rings. The van der Waals surface area contributed by atoms with Gasteiger partial charge in [-0.25, -0.2) is 0 Å². The van der Waals surface area contributed by atoms with Crippen LogP contribution >= 0.6 is 0 Å². The van der Waals surface area contributed by atoms with Gasteiger partial charge in [-0.2, -0.15) is 0 Å². The third kappa shape index (κ3) is 26.8. The van der Waals surface area contributed by atoms with E-state index >= 15 is 0 Å². The monoisotopic (exact) mass is 1250 g/mol. The van der Waals surface area contributed by atoms with Gasteiger partial charge in [0.2, 0.25) is 65.0 Å². The number of benzene rings is 2. The van der Waals surface area contributed by atoms with Crippen molar-refractivity contribution < 1.29 is 63.0 Å². The van der Waals surface area contributed by atoms with Crippen molar-refractivity contribution in [3.8, 4) is 0 Å². The summed E-state index contributed by atoms with van der Waals surface area (Å²) in [5, 5.41) is 50.1. The van der Waals surface area contributed by atoms with Crippen molar-refractivity contribution >= 4 is 70.7 Å². The molecule has 12 atom stereocenters. The number of hydrogen-bond acceptors (Lipinski definition) is 18. The number of hydrogen-bond donors (Lipinski definition) is 18. The minimum atomic E-state index is -1.70. The average molecular weight is 1250 g/mol. The lowest BCUT2D eigenvalue weighted by Gasteiger charge is -2.29. The lowest BCUT2D eigenvalue weighted by atomic mass is 9.99. The van der Waals surface area contributed by atoms with E-state index < -0.39 is 151 Å². The number of aliphatic hydroxyl groups is 2. The summed E-state index contributed by atoms with van der Waals surface area (Å²) >= 11 is 0. The first-order valence-corrected chi connectivity index (χ1v) is 30.7. The number of rotatable bonds is 29. The first-order valence-electron chi connectivity index (χ1n) is 30.7. The molecule has 0 radical (unpaired) electrons. The zero-order valence-electron chi connectivity index (χ0n) is 51.9. The molecular formula is C60H98N16O13. The van der Waals surface area contributed by atoms with Gasteiger partial charge < -0.3 is 97.4 Å². The van der Waals surface area contributed by atoms with E-state index in [0.717, 1.165) is 25.7 Å². The van der Waals surface area contributed by atoms with Gasteiger partial charge in [-0.1, -0.05) is 88.9 Å². The van der Waals surface area contributed by atoms with Crippen LogP contribution in [0.2, 0.25) is 0 Å². The highest BCUT2D eigenvalue weighted by Crippen LogP contribution is 2.14. The van der Waals surface area contributed by atoms with Gasteiger partial charge in [0.15, 0.2) is 0 Å². The molecule has 1 aliphatic rings. The molecule has 3 rings (SSSR count).